The first-order valence-corrected chi connectivity index (χ1v) is 14.4. The number of hydrogen-bond donors (Lipinski definition) is 1. The lowest BCUT2D eigenvalue weighted by atomic mass is 10.2. The molecule has 0 unspecified atom stereocenters. The largest absolute Gasteiger partial charge is 0.493 e. The van der Waals surface area contributed by atoms with Crippen molar-refractivity contribution in [3.8, 4) is 17.2 Å². The molecule has 9 nitrogen and oxygen atoms in total. The second kappa shape index (κ2) is 12.5. The molecule has 0 fully saturated rings. The monoisotopic (exact) mass is 594 g/mol. The Labute approximate surface area is 245 Å². The number of nitrogens with zero attached hydrogens (tertiary/aromatic N) is 3. The number of carbonyl (C=O) groups is 1. The van der Waals surface area contributed by atoms with Crippen LogP contribution >= 0.6 is 11.6 Å². The number of benzene rings is 3. The molecule has 0 aliphatic heterocycles. The van der Waals surface area contributed by atoms with E-state index >= 15 is 0 Å². The van der Waals surface area contributed by atoms with Gasteiger partial charge >= 0.3 is 0 Å². The summed E-state index contributed by atoms with van der Waals surface area (Å²) < 4.78 is 41.1. The van der Waals surface area contributed by atoms with Crippen LogP contribution in [-0.2, 0) is 14.8 Å². The number of hydrogen-bond acceptors (Lipinski definition) is 6. The Hall–Kier alpha value is -4.28. The van der Waals surface area contributed by atoms with Crippen molar-refractivity contribution in [2.45, 2.75) is 25.7 Å². The Kier molecular flexibility index (Phi) is 9.05. The van der Waals surface area contributed by atoms with Gasteiger partial charge in [-0.15, -0.1) is 0 Å². The molecule has 0 radical (unpaired) electrons. The number of hydrazone groups is 1. The number of anilines is 1. The van der Waals surface area contributed by atoms with Crippen LogP contribution in [0.2, 0.25) is 5.02 Å². The molecule has 0 atom stereocenters. The molecule has 0 saturated carbocycles. The number of rotatable bonds is 10. The number of aromatic nitrogens is 1. The molecule has 1 aromatic heterocycles. The molecule has 1 amide bonds. The number of carbonyl (C=O) groups excluding carboxylic acids is 1. The van der Waals surface area contributed by atoms with Crippen molar-refractivity contribution < 1.29 is 22.7 Å². The van der Waals surface area contributed by atoms with Crippen LogP contribution in [0.3, 0.4) is 0 Å². The van der Waals surface area contributed by atoms with Crippen LogP contribution < -0.4 is 19.2 Å². The van der Waals surface area contributed by atoms with Crippen molar-refractivity contribution in [2.75, 3.05) is 25.1 Å². The SMILES string of the molecule is COc1ccc(S(=O)(=O)N(CC(=O)N/N=C\c2cc(C)n(-c3ccc(Cl)cc3)c2C)c2ccc(C)cc2)cc1OC. The van der Waals surface area contributed by atoms with E-state index in [-0.39, 0.29) is 10.6 Å². The highest BCUT2D eigenvalue weighted by atomic mass is 35.5. The highest BCUT2D eigenvalue weighted by molar-refractivity contribution is 7.92. The number of amides is 1. The second-order valence-electron chi connectivity index (χ2n) is 9.30. The normalized spacial score (nSPS) is 11.5. The summed E-state index contributed by atoms with van der Waals surface area (Å²) in [5.74, 6) is 0.0240. The Morgan fingerprint density at radius 1 is 0.951 bits per heavy atom. The van der Waals surface area contributed by atoms with E-state index in [4.69, 9.17) is 21.1 Å². The van der Waals surface area contributed by atoms with Crippen LogP contribution in [0.4, 0.5) is 5.69 Å². The van der Waals surface area contributed by atoms with Crippen molar-refractivity contribution >= 4 is 39.4 Å². The van der Waals surface area contributed by atoms with Crippen molar-refractivity contribution in [3.63, 3.8) is 0 Å². The summed E-state index contributed by atoms with van der Waals surface area (Å²) in [4.78, 5) is 12.9. The predicted octanol–water partition coefficient (Wildman–Crippen LogP) is 5.42. The fourth-order valence-electron chi connectivity index (χ4n) is 4.38. The zero-order valence-electron chi connectivity index (χ0n) is 23.4. The molecule has 214 valence electrons. The fourth-order valence-corrected chi connectivity index (χ4v) is 5.94. The van der Waals surface area contributed by atoms with Gasteiger partial charge in [0.05, 0.1) is 31.0 Å². The van der Waals surface area contributed by atoms with Crippen LogP contribution in [0.1, 0.15) is 22.5 Å². The molecule has 41 heavy (non-hydrogen) atoms. The first-order chi connectivity index (χ1) is 19.5. The Bertz CT molecular complexity index is 1680. The Morgan fingerprint density at radius 3 is 2.24 bits per heavy atom. The topological polar surface area (TPSA) is 102 Å². The van der Waals surface area contributed by atoms with E-state index < -0.39 is 22.5 Å². The van der Waals surface area contributed by atoms with Gasteiger partial charge in [-0.05, 0) is 75.4 Å². The smallest absolute Gasteiger partial charge is 0.264 e. The predicted molar refractivity (Wildman–Crippen MR) is 161 cm³/mol. The summed E-state index contributed by atoms with van der Waals surface area (Å²) in [6.45, 7) is 5.30. The van der Waals surface area contributed by atoms with Gasteiger partial charge in [0, 0.05) is 33.7 Å². The lowest BCUT2D eigenvalue weighted by Gasteiger charge is -2.24. The molecule has 0 saturated heterocycles. The summed E-state index contributed by atoms with van der Waals surface area (Å²) in [7, 11) is -1.28. The molecule has 1 N–H and O–H groups in total. The van der Waals surface area contributed by atoms with Gasteiger partial charge in [0.1, 0.15) is 6.54 Å². The first-order valence-electron chi connectivity index (χ1n) is 12.6. The minimum Gasteiger partial charge on any atom is -0.493 e. The van der Waals surface area contributed by atoms with Gasteiger partial charge in [0.15, 0.2) is 11.5 Å². The van der Waals surface area contributed by atoms with Gasteiger partial charge in [0.25, 0.3) is 15.9 Å². The summed E-state index contributed by atoms with van der Waals surface area (Å²) in [6.07, 6.45) is 1.53. The average Bonchev–Trinajstić information content (AvgIpc) is 3.24. The quantitative estimate of drug-likeness (QED) is 0.195. The number of aryl methyl sites for hydroxylation is 2. The molecule has 3 aromatic carbocycles. The molecular weight excluding hydrogens is 564 g/mol. The number of sulfonamides is 1. The Morgan fingerprint density at radius 2 is 1.61 bits per heavy atom. The standard InChI is InChI=1S/C30H31ClN4O5S/c1-20-6-10-25(11-7-20)34(41(37,38)27-14-15-28(39-4)29(17-27)40-5)19-30(36)33-32-18-23-16-21(2)35(22(23)3)26-12-8-24(31)9-13-26/h6-18H,19H2,1-5H3,(H,33,36)/b32-18-. The minimum absolute atomic E-state index is 0.0540. The van der Waals surface area contributed by atoms with Gasteiger partial charge in [-0.1, -0.05) is 29.3 Å². The van der Waals surface area contributed by atoms with Crippen LogP contribution in [0.15, 0.2) is 82.8 Å². The van der Waals surface area contributed by atoms with E-state index in [1.807, 2.05) is 55.7 Å². The molecule has 0 bridgehead atoms. The third-order valence-corrected chi connectivity index (χ3v) is 8.52. The summed E-state index contributed by atoms with van der Waals surface area (Å²) in [5.41, 5.74) is 7.38. The lowest BCUT2D eigenvalue weighted by molar-refractivity contribution is -0.119. The fraction of sp³-hybridized carbons (Fsp3) is 0.200. The molecule has 4 aromatic rings. The maximum Gasteiger partial charge on any atom is 0.264 e. The highest BCUT2D eigenvalue weighted by Crippen LogP contribution is 2.32. The maximum atomic E-state index is 13.8. The van der Waals surface area contributed by atoms with E-state index in [1.54, 1.807) is 24.3 Å². The molecule has 0 spiro atoms. The number of methoxy groups -OCH3 is 2. The van der Waals surface area contributed by atoms with Gasteiger partial charge in [-0.2, -0.15) is 5.10 Å². The van der Waals surface area contributed by atoms with E-state index in [0.29, 0.717) is 16.5 Å². The van der Waals surface area contributed by atoms with Gasteiger partial charge < -0.3 is 14.0 Å². The van der Waals surface area contributed by atoms with Crippen molar-refractivity contribution in [2.24, 2.45) is 5.10 Å². The molecule has 0 aliphatic rings. The molecule has 11 heteroatoms. The summed E-state index contributed by atoms with van der Waals surface area (Å²) in [5, 5.41) is 4.76. The third-order valence-electron chi connectivity index (χ3n) is 6.50. The molecule has 4 rings (SSSR count). The van der Waals surface area contributed by atoms with E-state index in [0.717, 1.165) is 32.5 Å². The summed E-state index contributed by atoms with van der Waals surface area (Å²) >= 11 is 6.03. The highest BCUT2D eigenvalue weighted by Gasteiger charge is 2.28. The van der Waals surface area contributed by atoms with Crippen molar-refractivity contribution in [3.05, 3.63) is 100 Å². The zero-order chi connectivity index (χ0) is 29.7. The van der Waals surface area contributed by atoms with E-state index in [1.165, 1.54) is 38.6 Å². The van der Waals surface area contributed by atoms with Crippen molar-refractivity contribution in [1.82, 2.24) is 9.99 Å². The van der Waals surface area contributed by atoms with Gasteiger partial charge in [-0.3, -0.25) is 9.10 Å². The second-order valence-corrected chi connectivity index (χ2v) is 11.6. The van der Waals surface area contributed by atoms with E-state index in [2.05, 4.69) is 10.5 Å². The third kappa shape index (κ3) is 6.55. The minimum atomic E-state index is -4.17. The van der Waals surface area contributed by atoms with Crippen molar-refractivity contribution in [1.29, 1.82) is 0 Å². The average molecular weight is 595 g/mol. The summed E-state index contributed by atoms with van der Waals surface area (Å²) in [6, 6.07) is 20.5. The zero-order valence-corrected chi connectivity index (χ0v) is 25.0. The van der Waals surface area contributed by atoms with Crippen LogP contribution in [0, 0.1) is 20.8 Å². The molecule has 0 aliphatic carbocycles. The van der Waals surface area contributed by atoms with Crippen LogP contribution in [-0.4, -0.2) is 45.9 Å². The number of nitrogens with one attached hydrogen (secondary N) is 1. The lowest BCUT2D eigenvalue weighted by Crippen LogP contribution is -2.39. The molecule has 1 heterocycles. The van der Waals surface area contributed by atoms with Gasteiger partial charge in [0.2, 0.25) is 0 Å². The van der Waals surface area contributed by atoms with Crippen LogP contribution in [0.5, 0.6) is 11.5 Å². The van der Waals surface area contributed by atoms with Gasteiger partial charge in [-0.25, -0.2) is 13.8 Å². The van der Waals surface area contributed by atoms with E-state index in [9.17, 15) is 13.2 Å². The maximum absolute atomic E-state index is 13.8. The Balaban J connectivity index is 1.58. The number of halogens is 1. The first kappa shape index (κ1) is 29.7. The van der Waals surface area contributed by atoms with Crippen LogP contribution in [0.25, 0.3) is 5.69 Å². The number of ether oxygens (including phenoxy) is 2. The molecular formula is C30H31ClN4O5S.